The van der Waals surface area contributed by atoms with Gasteiger partial charge in [-0.05, 0) is 42.3 Å². The van der Waals surface area contributed by atoms with Crippen molar-refractivity contribution in [3.8, 4) is 0 Å². The summed E-state index contributed by atoms with van der Waals surface area (Å²) in [5, 5.41) is 6.51. The lowest BCUT2D eigenvalue weighted by atomic mass is 9.94. The van der Waals surface area contributed by atoms with E-state index in [9.17, 15) is 4.79 Å². The maximum absolute atomic E-state index is 12.1. The second-order valence-electron chi connectivity index (χ2n) is 6.54. The van der Waals surface area contributed by atoms with Gasteiger partial charge in [0, 0.05) is 19.0 Å². The number of halogens is 1. The van der Waals surface area contributed by atoms with Crippen molar-refractivity contribution in [1.29, 1.82) is 0 Å². The second kappa shape index (κ2) is 9.16. The van der Waals surface area contributed by atoms with E-state index in [0.29, 0.717) is 18.3 Å². The molecule has 1 heterocycles. The van der Waals surface area contributed by atoms with Crippen molar-refractivity contribution >= 4 is 18.3 Å². The zero-order valence-corrected chi connectivity index (χ0v) is 14.7. The first-order valence-electron chi connectivity index (χ1n) is 8.15. The highest BCUT2D eigenvalue weighted by Crippen LogP contribution is 2.16. The zero-order valence-electron chi connectivity index (χ0n) is 13.9. The van der Waals surface area contributed by atoms with E-state index < -0.39 is 0 Å². The number of hydrogen-bond donors (Lipinski definition) is 2. The Morgan fingerprint density at radius 3 is 2.59 bits per heavy atom. The second-order valence-corrected chi connectivity index (χ2v) is 6.54. The normalized spacial score (nSPS) is 21.3. The smallest absolute Gasteiger partial charge is 0.220 e. The van der Waals surface area contributed by atoms with E-state index in [2.05, 4.69) is 55.7 Å². The van der Waals surface area contributed by atoms with Crippen LogP contribution in [0.3, 0.4) is 0 Å². The summed E-state index contributed by atoms with van der Waals surface area (Å²) >= 11 is 0. The Balaban J connectivity index is 0.00000242. The number of nitrogens with one attached hydrogen (secondary N) is 2. The van der Waals surface area contributed by atoms with Gasteiger partial charge in [-0.25, -0.2) is 0 Å². The summed E-state index contributed by atoms with van der Waals surface area (Å²) in [7, 11) is 0. The summed E-state index contributed by atoms with van der Waals surface area (Å²) in [5.74, 6) is 1.30. The molecule has 124 valence electrons. The molecule has 0 aromatic heterocycles. The Labute approximate surface area is 140 Å². The molecule has 0 spiro atoms. The number of carbonyl (C=O) groups excluding carboxylic acids is 1. The standard InChI is InChI=1S/C18H28N2O.ClH/c1-13(2)16-7-4-15(5-8-16)6-9-18(21)20-17-12-19-11-10-14(17)3;/h4-5,7-8,13-14,17,19H,6,9-12H2,1-3H3,(H,20,21);1H. The molecule has 22 heavy (non-hydrogen) atoms. The van der Waals surface area contributed by atoms with E-state index in [0.717, 1.165) is 25.9 Å². The van der Waals surface area contributed by atoms with Crippen LogP contribution in [-0.4, -0.2) is 25.0 Å². The molecule has 4 heteroatoms. The average molecular weight is 325 g/mol. The molecule has 1 aromatic carbocycles. The van der Waals surface area contributed by atoms with Crippen LogP contribution in [0.15, 0.2) is 24.3 Å². The van der Waals surface area contributed by atoms with Crippen LogP contribution < -0.4 is 10.6 Å². The molecule has 2 atom stereocenters. The predicted molar refractivity (Wildman–Crippen MR) is 94.7 cm³/mol. The van der Waals surface area contributed by atoms with Gasteiger partial charge >= 0.3 is 0 Å². The molecule has 2 rings (SSSR count). The van der Waals surface area contributed by atoms with Crippen molar-refractivity contribution in [2.45, 2.75) is 52.0 Å². The highest BCUT2D eigenvalue weighted by Gasteiger charge is 2.22. The van der Waals surface area contributed by atoms with E-state index in [-0.39, 0.29) is 24.4 Å². The van der Waals surface area contributed by atoms with Gasteiger partial charge in [0.15, 0.2) is 0 Å². The van der Waals surface area contributed by atoms with E-state index in [1.807, 2.05) is 0 Å². The summed E-state index contributed by atoms with van der Waals surface area (Å²) in [5.41, 5.74) is 2.59. The minimum absolute atomic E-state index is 0. The number of hydrogen-bond acceptors (Lipinski definition) is 2. The number of benzene rings is 1. The van der Waals surface area contributed by atoms with Crippen LogP contribution in [0.1, 0.15) is 50.7 Å². The SMILES string of the molecule is CC(C)c1ccc(CCC(=O)NC2CNCCC2C)cc1.Cl. The molecule has 0 saturated carbocycles. The van der Waals surface area contributed by atoms with Crippen LogP contribution in [0.25, 0.3) is 0 Å². The molecule has 1 aliphatic rings. The maximum atomic E-state index is 12.1. The molecular weight excluding hydrogens is 296 g/mol. The lowest BCUT2D eigenvalue weighted by molar-refractivity contribution is -0.122. The Hall–Kier alpha value is -1.06. The Bertz CT molecular complexity index is 459. The predicted octanol–water partition coefficient (Wildman–Crippen LogP) is 3.28. The largest absolute Gasteiger partial charge is 0.352 e. The van der Waals surface area contributed by atoms with Crippen molar-refractivity contribution < 1.29 is 4.79 Å². The maximum Gasteiger partial charge on any atom is 0.220 e. The van der Waals surface area contributed by atoms with Crippen molar-refractivity contribution in [1.82, 2.24) is 10.6 Å². The summed E-state index contributed by atoms with van der Waals surface area (Å²) in [6, 6.07) is 8.92. The van der Waals surface area contributed by atoms with Gasteiger partial charge in [-0.3, -0.25) is 4.79 Å². The third kappa shape index (κ3) is 5.62. The summed E-state index contributed by atoms with van der Waals surface area (Å²) < 4.78 is 0. The van der Waals surface area contributed by atoms with E-state index in [4.69, 9.17) is 0 Å². The molecule has 1 saturated heterocycles. The molecule has 1 fully saturated rings. The molecular formula is C18H29ClN2O. The van der Waals surface area contributed by atoms with Crippen molar-refractivity contribution in [3.63, 3.8) is 0 Å². The van der Waals surface area contributed by atoms with Gasteiger partial charge < -0.3 is 10.6 Å². The van der Waals surface area contributed by atoms with Crippen LogP contribution in [0, 0.1) is 5.92 Å². The fourth-order valence-electron chi connectivity index (χ4n) is 2.79. The molecule has 0 radical (unpaired) electrons. The van der Waals surface area contributed by atoms with Gasteiger partial charge in [0.2, 0.25) is 5.91 Å². The molecule has 1 aliphatic heterocycles. The number of rotatable bonds is 5. The number of aryl methyl sites for hydroxylation is 1. The number of amides is 1. The van der Waals surface area contributed by atoms with E-state index in [1.54, 1.807) is 0 Å². The highest BCUT2D eigenvalue weighted by atomic mass is 35.5. The Kier molecular flexibility index (Phi) is 7.91. The minimum Gasteiger partial charge on any atom is -0.352 e. The summed E-state index contributed by atoms with van der Waals surface area (Å²) in [4.78, 5) is 12.1. The molecule has 1 amide bonds. The van der Waals surface area contributed by atoms with Gasteiger partial charge in [-0.2, -0.15) is 0 Å². The van der Waals surface area contributed by atoms with Gasteiger partial charge in [0.05, 0.1) is 0 Å². The topological polar surface area (TPSA) is 41.1 Å². The fourth-order valence-corrected chi connectivity index (χ4v) is 2.79. The summed E-state index contributed by atoms with van der Waals surface area (Å²) in [6.45, 7) is 8.58. The first kappa shape index (κ1) is 19.0. The Morgan fingerprint density at radius 1 is 1.32 bits per heavy atom. The number of piperidine rings is 1. The molecule has 0 aliphatic carbocycles. The molecule has 2 unspecified atom stereocenters. The quantitative estimate of drug-likeness (QED) is 0.872. The van der Waals surface area contributed by atoms with Crippen molar-refractivity contribution in [3.05, 3.63) is 35.4 Å². The lowest BCUT2D eigenvalue weighted by Crippen LogP contribution is -2.50. The third-order valence-electron chi connectivity index (χ3n) is 4.46. The Morgan fingerprint density at radius 2 is 2.00 bits per heavy atom. The zero-order chi connectivity index (χ0) is 15.2. The summed E-state index contributed by atoms with van der Waals surface area (Å²) in [6.07, 6.45) is 2.53. The van der Waals surface area contributed by atoms with Crippen LogP contribution in [0.2, 0.25) is 0 Å². The first-order valence-corrected chi connectivity index (χ1v) is 8.15. The number of carbonyl (C=O) groups is 1. The monoisotopic (exact) mass is 324 g/mol. The van der Waals surface area contributed by atoms with Crippen LogP contribution >= 0.6 is 12.4 Å². The first-order chi connectivity index (χ1) is 10.1. The van der Waals surface area contributed by atoms with Crippen LogP contribution in [0.5, 0.6) is 0 Å². The van der Waals surface area contributed by atoms with Gasteiger partial charge in [0.25, 0.3) is 0 Å². The molecule has 1 aromatic rings. The third-order valence-corrected chi connectivity index (χ3v) is 4.46. The average Bonchev–Trinajstić information content (AvgIpc) is 2.48. The molecule has 0 bridgehead atoms. The van der Waals surface area contributed by atoms with Crippen molar-refractivity contribution in [2.75, 3.05) is 13.1 Å². The van der Waals surface area contributed by atoms with Gasteiger partial charge in [-0.15, -0.1) is 12.4 Å². The fraction of sp³-hybridized carbons (Fsp3) is 0.611. The van der Waals surface area contributed by atoms with Crippen LogP contribution in [-0.2, 0) is 11.2 Å². The molecule has 3 nitrogen and oxygen atoms in total. The van der Waals surface area contributed by atoms with Crippen LogP contribution in [0.4, 0.5) is 0 Å². The van der Waals surface area contributed by atoms with Gasteiger partial charge in [0.1, 0.15) is 0 Å². The highest BCUT2D eigenvalue weighted by molar-refractivity contribution is 5.85. The van der Waals surface area contributed by atoms with E-state index in [1.165, 1.54) is 11.1 Å². The van der Waals surface area contributed by atoms with E-state index >= 15 is 0 Å². The molecule has 2 N–H and O–H groups in total. The lowest BCUT2D eigenvalue weighted by Gasteiger charge is -2.30. The minimum atomic E-state index is 0. The van der Waals surface area contributed by atoms with Crippen molar-refractivity contribution in [2.24, 2.45) is 5.92 Å². The van der Waals surface area contributed by atoms with Gasteiger partial charge in [-0.1, -0.05) is 45.0 Å².